The molecule has 39 heavy (non-hydrogen) atoms. The van der Waals surface area contributed by atoms with E-state index >= 15 is 0 Å². The Bertz CT molecular complexity index is 1410. The minimum atomic E-state index is -0.353. The summed E-state index contributed by atoms with van der Waals surface area (Å²) in [5.41, 5.74) is 4.92. The lowest BCUT2D eigenvalue weighted by molar-refractivity contribution is -0.123. The Morgan fingerprint density at radius 2 is 1.23 bits per heavy atom. The van der Waals surface area contributed by atoms with Gasteiger partial charge in [-0.3, -0.25) is 9.59 Å². The van der Waals surface area contributed by atoms with Crippen LogP contribution in [0.15, 0.2) is 90.5 Å². The molecule has 0 radical (unpaired) electrons. The van der Waals surface area contributed by atoms with Crippen LogP contribution in [0.2, 0.25) is 0 Å². The lowest BCUT2D eigenvalue weighted by Crippen LogP contribution is -2.36. The molecule has 0 bridgehead atoms. The van der Waals surface area contributed by atoms with E-state index in [1.54, 1.807) is 6.08 Å². The average Bonchev–Trinajstić information content (AvgIpc) is 3.26. The van der Waals surface area contributed by atoms with E-state index in [9.17, 15) is 9.59 Å². The van der Waals surface area contributed by atoms with Crippen LogP contribution in [-0.4, -0.2) is 29.5 Å². The number of amides is 2. The Hall–Kier alpha value is -4.12. The molecule has 0 aliphatic rings. The van der Waals surface area contributed by atoms with Crippen molar-refractivity contribution in [1.29, 1.82) is 0 Å². The third-order valence-electron chi connectivity index (χ3n) is 6.77. The molecule has 5 heteroatoms. The van der Waals surface area contributed by atoms with Gasteiger partial charge in [-0.1, -0.05) is 94.4 Å². The van der Waals surface area contributed by atoms with Gasteiger partial charge in [0.15, 0.2) is 0 Å². The smallest absolute Gasteiger partial charge is 0.256 e. The average molecular weight is 522 g/mol. The van der Waals surface area contributed by atoms with E-state index in [1.165, 1.54) is 0 Å². The van der Waals surface area contributed by atoms with Crippen LogP contribution in [0.5, 0.6) is 0 Å². The number of carbonyl (C=O) groups is 2. The monoisotopic (exact) mass is 521 g/mol. The van der Waals surface area contributed by atoms with Crippen LogP contribution in [-0.2, 0) is 9.59 Å². The Morgan fingerprint density at radius 3 is 1.79 bits per heavy atom. The first kappa shape index (κ1) is 27.9. The molecule has 0 aliphatic carbocycles. The highest BCUT2D eigenvalue weighted by Crippen LogP contribution is 2.37. The summed E-state index contributed by atoms with van der Waals surface area (Å²) in [6, 6.07) is 28.5. The minimum absolute atomic E-state index is 0.121. The van der Waals surface area contributed by atoms with Crippen LogP contribution in [0, 0.1) is 11.8 Å². The predicted molar refractivity (Wildman–Crippen MR) is 162 cm³/mol. The molecule has 0 saturated heterocycles. The molecule has 1 aromatic heterocycles. The highest BCUT2D eigenvalue weighted by atomic mass is 16.2. The van der Waals surface area contributed by atoms with Crippen molar-refractivity contribution in [2.24, 2.45) is 11.8 Å². The summed E-state index contributed by atoms with van der Waals surface area (Å²) < 4.78 is 2.21. The molecule has 2 N–H and O–H groups in total. The number of nitrogens with one attached hydrogen (secondary N) is 2. The fraction of sp³-hybridized carbons (Fsp3) is 0.294. The number of para-hydroxylation sites is 2. The summed E-state index contributed by atoms with van der Waals surface area (Å²) in [5, 5.41) is 6.95. The fourth-order valence-electron chi connectivity index (χ4n) is 4.65. The molecule has 0 saturated carbocycles. The van der Waals surface area contributed by atoms with Crippen LogP contribution >= 0.6 is 0 Å². The number of fused-ring (bicyclic) bond motifs is 1. The maximum Gasteiger partial charge on any atom is 0.256 e. The van der Waals surface area contributed by atoms with Crippen LogP contribution in [0.3, 0.4) is 0 Å². The highest BCUT2D eigenvalue weighted by Gasteiger charge is 2.23. The largest absolute Gasteiger partial charge is 0.352 e. The van der Waals surface area contributed by atoms with Gasteiger partial charge in [-0.05, 0) is 54.5 Å². The van der Waals surface area contributed by atoms with Crippen molar-refractivity contribution >= 4 is 28.8 Å². The first-order valence-electron chi connectivity index (χ1n) is 13.9. The van der Waals surface area contributed by atoms with Crippen LogP contribution < -0.4 is 10.6 Å². The molecule has 202 valence electrons. The summed E-state index contributed by atoms with van der Waals surface area (Å²) in [7, 11) is 0. The summed E-state index contributed by atoms with van der Waals surface area (Å²) in [4.78, 5) is 27.0. The summed E-state index contributed by atoms with van der Waals surface area (Å²) in [6.07, 6.45) is 3.46. The Morgan fingerprint density at radius 1 is 0.718 bits per heavy atom. The molecular weight excluding hydrogens is 482 g/mol. The number of carbonyl (C=O) groups excluding carboxylic acids is 2. The van der Waals surface area contributed by atoms with Gasteiger partial charge in [0.1, 0.15) is 5.57 Å². The zero-order valence-electron chi connectivity index (χ0n) is 23.4. The first-order valence-corrected chi connectivity index (χ1v) is 13.9. The number of aromatic nitrogens is 1. The van der Waals surface area contributed by atoms with Gasteiger partial charge < -0.3 is 15.2 Å². The quantitative estimate of drug-likeness (QED) is 0.127. The van der Waals surface area contributed by atoms with Gasteiger partial charge in [-0.2, -0.15) is 0 Å². The van der Waals surface area contributed by atoms with Gasteiger partial charge in [0, 0.05) is 29.7 Å². The maximum absolute atomic E-state index is 13.5. The molecule has 4 rings (SSSR count). The molecule has 0 spiro atoms. The van der Waals surface area contributed by atoms with Gasteiger partial charge in [-0.25, -0.2) is 0 Å². The number of rotatable bonds is 11. The van der Waals surface area contributed by atoms with Crippen LogP contribution in [0.4, 0.5) is 0 Å². The lowest BCUT2D eigenvalue weighted by atomic mass is 10.0. The van der Waals surface area contributed by atoms with Crippen molar-refractivity contribution < 1.29 is 9.59 Å². The van der Waals surface area contributed by atoms with Crippen molar-refractivity contribution in [3.8, 4) is 16.9 Å². The van der Waals surface area contributed by atoms with Crippen LogP contribution in [0.1, 0.15) is 46.1 Å². The van der Waals surface area contributed by atoms with Crippen molar-refractivity contribution in [1.82, 2.24) is 15.2 Å². The standard InChI is InChI=1S/C34H39N3O2/c1-24(2)19-21-35-33(38)30(34(39)36-22-20-25(3)4)23-29-28-17-11-12-18-31(28)37(27-15-9-6-10-16-27)32(29)26-13-7-5-8-14-26/h5-18,23-25H,19-22H2,1-4H3,(H,35,38)(H,36,39). The molecule has 4 aromatic rings. The minimum Gasteiger partial charge on any atom is -0.352 e. The zero-order valence-corrected chi connectivity index (χ0v) is 23.4. The third kappa shape index (κ3) is 6.85. The van der Waals surface area contributed by atoms with Crippen molar-refractivity contribution in [2.45, 2.75) is 40.5 Å². The second-order valence-corrected chi connectivity index (χ2v) is 10.8. The molecule has 2 amide bonds. The predicted octanol–water partition coefficient (Wildman–Crippen LogP) is 7.01. The van der Waals surface area contributed by atoms with Gasteiger partial charge in [0.05, 0.1) is 11.2 Å². The molecule has 1 heterocycles. The van der Waals surface area contributed by atoms with E-state index in [1.807, 2.05) is 48.5 Å². The van der Waals surface area contributed by atoms with E-state index in [0.29, 0.717) is 24.9 Å². The molecule has 0 fully saturated rings. The summed E-state index contributed by atoms with van der Waals surface area (Å²) in [5.74, 6) is 0.193. The number of nitrogens with zero attached hydrogens (tertiary/aromatic N) is 1. The molecular formula is C34H39N3O2. The van der Waals surface area contributed by atoms with Crippen molar-refractivity contribution in [3.05, 3.63) is 96.1 Å². The lowest BCUT2D eigenvalue weighted by Gasteiger charge is -2.14. The molecule has 0 aliphatic heterocycles. The summed E-state index contributed by atoms with van der Waals surface area (Å²) in [6.45, 7) is 9.51. The Labute approximate surface area is 231 Å². The first-order chi connectivity index (χ1) is 18.9. The maximum atomic E-state index is 13.5. The zero-order chi connectivity index (χ0) is 27.8. The highest BCUT2D eigenvalue weighted by molar-refractivity contribution is 6.23. The number of hydrogen-bond acceptors (Lipinski definition) is 2. The van der Waals surface area contributed by atoms with Gasteiger partial charge in [0.25, 0.3) is 11.8 Å². The van der Waals surface area contributed by atoms with E-state index < -0.39 is 0 Å². The van der Waals surface area contributed by atoms with Gasteiger partial charge >= 0.3 is 0 Å². The van der Waals surface area contributed by atoms with E-state index in [-0.39, 0.29) is 17.4 Å². The molecule has 5 nitrogen and oxygen atoms in total. The van der Waals surface area contributed by atoms with E-state index in [0.717, 1.165) is 46.3 Å². The fourth-order valence-corrected chi connectivity index (χ4v) is 4.65. The van der Waals surface area contributed by atoms with E-state index in [2.05, 4.69) is 79.3 Å². The van der Waals surface area contributed by atoms with Gasteiger partial charge in [0.2, 0.25) is 0 Å². The number of hydrogen-bond donors (Lipinski definition) is 2. The molecule has 3 aromatic carbocycles. The topological polar surface area (TPSA) is 63.1 Å². The Kier molecular flexibility index (Phi) is 9.37. The van der Waals surface area contributed by atoms with Gasteiger partial charge in [-0.15, -0.1) is 0 Å². The number of benzene rings is 3. The van der Waals surface area contributed by atoms with Crippen molar-refractivity contribution in [3.63, 3.8) is 0 Å². The Balaban J connectivity index is 1.92. The normalized spacial score (nSPS) is 11.1. The molecule has 0 unspecified atom stereocenters. The summed E-state index contributed by atoms with van der Waals surface area (Å²) >= 11 is 0. The second-order valence-electron chi connectivity index (χ2n) is 10.8. The van der Waals surface area contributed by atoms with Crippen molar-refractivity contribution in [2.75, 3.05) is 13.1 Å². The van der Waals surface area contributed by atoms with Crippen LogP contribution in [0.25, 0.3) is 33.9 Å². The molecule has 0 atom stereocenters. The second kappa shape index (κ2) is 13.1. The SMILES string of the molecule is CC(C)CCNC(=O)C(=Cc1c(-c2ccccc2)n(-c2ccccc2)c2ccccc12)C(=O)NCCC(C)C. The third-order valence-corrected chi connectivity index (χ3v) is 6.77. The van der Waals surface area contributed by atoms with E-state index in [4.69, 9.17) is 0 Å².